The number of benzene rings is 1. The molecule has 4 heteroatoms. The van der Waals surface area contributed by atoms with E-state index in [1.165, 1.54) is 4.90 Å². The molecule has 1 unspecified atom stereocenters. The molecule has 1 aliphatic heterocycles. The van der Waals surface area contributed by atoms with Gasteiger partial charge in [0, 0.05) is 5.69 Å². The van der Waals surface area contributed by atoms with Gasteiger partial charge in [0.2, 0.25) is 5.91 Å². The number of amides is 1. The van der Waals surface area contributed by atoms with E-state index < -0.39 is 12.5 Å². The molecule has 1 aromatic carbocycles. The van der Waals surface area contributed by atoms with Crippen LogP contribution in [-0.2, 0) is 9.59 Å². The predicted octanol–water partition coefficient (Wildman–Crippen LogP) is 0.519. The summed E-state index contributed by atoms with van der Waals surface area (Å²) >= 11 is 0. The van der Waals surface area contributed by atoms with Crippen molar-refractivity contribution in [2.75, 3.05) is 18.1 Å². The summed E-state index contributed by atoms with van der Waals surface area (Å²) in [5, 5.41) is 8.95. The van der Waals surface area contributed by atoms with Crippen molar-refractivity contribution in [3.8, 4) is 0 Å². The number of hydrogen-bond acceptors (Lipinski definition) is 3. The Bertz CT molecular complexity index is 424. The molecule has 0 aromatic heterocycles. The maximum atomic E-state index is 11.8. The number of aliphatic hydroxyl groups excluding tert-OH is 1. The lowest BCUT2D eigenvalue weighted by Crippen LogP contribution is -2.28. The van der Waals surface area contributed by atoms with E-state index in [9.17, 15) is 9.59 Å². The number of rotatable bonds is 2. The van der Waals surface area contributed by atoms with Gasteiger partial charge in [-0.1, -0.05) is 17.7 Å². The Balaban J connectivity index is 2.27. The lowest BCUT2D eigenvalue weighted by atomic mass is 10.1. The van der Waals surface area contributed by atoms with Gasteiger partial charge >= 0.3 is 0 Å². The van der Waals surface area contributed by atoms with Crippen molar-refractivity contribution in [1.29, 1.82) is 0 Å². The van der Waals surface area contributed by atoms with Crippen molar-refractivity contribution >= 4 is 17.4 Å². The molecule has 16 heavy (non-hydrogen) atoms. The lowest BCUT2D eigenvalue weighted by Gasteiger charge is -2.15. The molecular weight excluding hydrogens is 206 g/mol. The fourth-order valence-electron chi connectivity index (χ4n) is 1.79. The maximum Gasteiger partial charge on any atom is 0.240 e. The van der Waals surface area contributed by atoms with Crippen LogP contribution < -0.4 is 4.90 Å². The van der Waals surface area contributed by atoms with Crippen molar-refractivity contribution < 1.29 is 14.7 Å². The van der Waals surface area contributed by atoms with E-state index in [4.69, 9.17) is 5.11 Å². The summed E-state index contributed by atoms with van der Waals surface area (Å²) in [6, 6.07) is 7.39. The summed E-state index contributed by atoms with van der Waals surface area (Å²) in [7, 11) is 0. The number of hydrogen-bond donors (Lipinski definition) is 1. The number of carbonyl (C=O) groups is 2. The summed E-state index contributed by atoms with van der Waals surface area (Å²) in [4.78, 5) is 24.6. The number of ketones is 1. The topological polar surface area (TPSA) is 57.6 Å². The number of carbonyl (C=O) groups excluding carboxylic acids is 2. The average molecular weight is 219 g/mol. The second-order valence-electron chi connectivity index (χ2n) is 3.96. The first-order valence-electron chi connectivity index (χ1n) is 5.15. The molecule has 1 heterocycles. The van der Waals surface area contributed by atoms with Gasteiger partial charge in [-0.3, -0.25) is 9.59 Å². The number of aryl methyl sites for hydroxylation is 1. The van der Waals surface area contributed by atoms with E-state index in [0.717, 1.165) is 5.56 Å². The number of Topliss-reactive ketones (excluding diaryl/α,β-unsaturated/α-hetero) is 1. The first-order valence-corrected chi connectivity index (χ1v) is 5.15. The van der Waals surface area contributed by atoms with Crippen molar-refractivity contribution in [3.05, 3.63) is 29.8 Å². The zero-order chi connectivity index (χ0) is 11.7. The minimum Gasteiger partial charge on any atom is -0.395 e. The molecule has 2 rings (SSSR count). The van der Waals surface area contributed by atoms with Crippen molar-refractivity contribution in [3.63, 3.8) is 0 Å². The predicted molar refractivity (Wildman–Crippen MR) is 59.1 cm³/mol. The molecule has 1 saturated heterocycles. The van der Waals surface area contributed by atoms with E-state index >= 15 is 0 Å². The minimum atomic E-state index is -0.874. The van der Waals surface area contributed by atoms with Crippen molar-refractivity contribution in [2.45, 2.75) is 6.92 Å². The van der Waals surface area contributed by atoms with Crippen LogP contribution in [0.1, 0.15) is 5.56 Å². The minimum absolute atomic E-state index is 0.0626. The largest absolute Gasteiger partial charge is 0.395 e. The molecule has 0 spiro atoms. The van der Waals surface area contributed by atoms with Crippen LogP contribution in [0, 0.1) is 12.8 Å². The summed E-state index contributed by atoms with van der Waals surface area (Å²) in [5.74, 6) is -1.40. The zero-order valence-corrected chi connectivity index (χ0v) is 9.01. The second kappa shape index (κ2) is 4.06. The highest BCUT2D eigenvalue weighted by molar-refractivity contribution is 6.17. The molecule has 1 fully saturated rings. The van der Waals surface area contributed by atoms with E-state index in [1.807, 2.05) is 19.1 Å². The molecule has 0 aliphatic carbocycles. The highest BCUT2D eigenvalue weighted by atomic mass is 16.3. The zero-order valence-electron chi connectivity index (χ0n) is 9.01. The summed E-state index contributed by atoms with van der Waals surface area (Å²) in [5.41, 5.74) is 1.81. The molecule has 84 valence electrons. The smallest absolute Gasteiger partial charge is 0.240 e. The van der Waals surface area contributed by atoms with E-state index in [1.54, 1.807) is 12.1 Å². The lowest BCUT2D eigenvalue weighted by molar-refractivity contribution is -0.128. The molecule has 1 atom stereocenters. The quantitative estimate of drug-likeness (QED) is 0.738. The van der Waals surface area contributed by atoms with Crippen LogP contribution in [-0.4, -0.2) is 29.9 Å². The van der Waals surface area contributed by atoms with Gasteiger partial charge in [0.15, 0.2) is 5.78 Å². The van der Waals surface area contributed by atoms with Gasteiger partial charge in [0.1, 0.15) is 5.92 Å². The van der Waals surface area contributed by atoms with Gasteiger partial charge < -0.3 is 10.0 Å². The molecule has 0 saturated carbocycles. The summed E-state index contributed by atoms with van der Waals surface area (Å²) in [6.07, 6.45) is 0. The normalized spacial score (nSPS) is 20.6. The van der Waals surface area contributed by atoms with Gasteiger partial charge in [-0.2, -0.15) is 0 Å². The average Bonchev–Trinajstić information content (AvgIpc) is 2.55. The summed E-state index contributed by atoms with van der Waals surface area (Å²) < 4.78 is 0. The maximum absolute atomic E-state index is 11.8. The SMILES string of the molecule is Cc1ccc(N2CC(=O)C(CO)C2=O)cc1. The monoisotopic (exact) mass is 219 g/mol. The number of aliphatic hydroxyl groups is 1. The van der Waals surface area contributed by atoms with E-state index in [0.29, 0.717) is 5.69 Å². The van der Waals surface area contributed by atoms with Crippen LogP contribution >= 0.6 is 0 Å². The van der Waals surface area contributed by atoms with E-state index in [2.05, 4.69) is 0 Å². The Morgan fingerprint density at radius 1 is 1.31 bits per heavy atom. The Morgan fingerprint density at radius 3 is 2.44 bits per heavy atom. The van der Waals surface area contributed by atoms with Crippen LogP contribution in [0.2, 0.25) is 0 Å². The fraction of sp³-hybridized carbons (Fsp3) is 0.333. The first kappa shape index (κ1) is 10.8. The van der Waals surface area contributed by atoms with Gasteiger partial charge in [-0.05, 0) is 19.1 Å². The van der Waals surface area contributed by atoms with E-state index in [-0.39, 0.29) is 18.2 Å². The molecule has 0 radical (unpaired) electrons. The standard InChI is InChI=1S/C12H13NO3/c1-8-2-4-9(5-3-8)13-6-11(15)10(7-14)12(13)16/h2-5,10,14H,6-7H2,1H3. The van der Waals surface area contributed by atoms with Crippen LogP contribution in [0.15, 0.2) is 24.3 Å². The van der Waals surface area contributed by atoms with Crippen molar-refractivity contribution in [2.24, 2.45) is 5.92 Å². The molecule has 1 N–H and O–H groups in total. The van der Waals surface area contributed by atoms with Crippen LogP contribution in [0.4, 0.5) is 5.69 Å². The number of nitrogens with zero attached hydrogens (tertiary/aromatic N) is 1. The summed E-state index contributed by atoms with van der Waals surface area (Å²) in [6.45, 7) is 1.62. The molecule has 1 aromatic rings. The Labute approximate surface area is 93.5 Å². The van der Waals surface area contributed by atoms with Crippen molar-refractivity contribution in [1.82, 2.24) is 0 Å². The third kappa shape index (κ3) is 1.72. The Kier molecular flexibility index (Phi) is 2.75. The highest BCUT2D eigenvalue weighted by Gasteiger charge is 2.39. The fourth-order valence-corrected chi connectivity index (χ4v) is 1.79. The molecular formula is C12H13NO3. The van der Waals surface area contributed by atoms with Gasteiger partial charge in [0.25, 0.3) is 0 Å². The van der Waals surface area contributed by atoms with Gasteiger partial charge in [-0.25, -0.2) is 0 Å². The van der Waals surface area contributed by atoms with Gasteiger partial charge in [-0.15, -0.1) is 0 Å². The highest BCUT2D eigenvalue weighted by Crippen LogP contribution is 2.23. The van der Waals surface area contributed by atoms with Crippen LogP contribution in [0.3, 0.4) is 0 Å². The molecule has 0 bridgehead atoms. The number of anilines is 1. The Hall–Kier alpha value is -1.68. The molecule has 1 amide bonds. The first-order chi connectivity index (χ1) is 7.63. The van der Waals surface area contributed by atoms with Gasteiger partial charge in [0.05, 0.1) is 13.2 Å². The molecule has 4 nitrogen and oxygen atoms in total. The second-order valence-corrected chi connectivity index (χ2v) is 3.96. The third-order valence-corrected chi connectivity index (χ3v) is 2.79. The Morgan fingerprint density at radius 2 is 1.94 bits per heavy atom. The van der Waals surface area contributed by atoms with Crippen LogP contribution in [0.5, 0.6) is 0 Å². The van der Waals surface area contributed by atoms with Crippen LogP contribution in [0.25, 0.3) is 0 Å². The molecule has 1 aliphatic rings. The third-order valence-electron chi connectivity index (χ3n) is 2.79.